The summed E-state index contributed by atoms with van der Waals surface area (Å²) in [6.07, 6.45) is 7.07. The van der Waals surface area contributed by atoms with Crippen LogP contribution in [0.15, 0.2) is 48.0 Å². The molecule has 0 unspecified atom stereocenters. The van der Waals surface area contributed by atoms with Gasteiger partial charge in [0.25, 0.3) is 0 Å². The predicted octanol–water partition coefficient (Wildman–Crippen LogP) is 3.55. The van der Waals surface area contributed by atoms with Crippen LogP contribution in [0, 0.1) is 0 Å². The van der Waals surface area contributed by atoms with Crippen LogP contribution in [0.2, 0.25) is 0 Å². The first-order chi connectivity index (χ1) is 9.76. The number of methoxy groups -OCH3 is 2. The average Bonchev–Trinajstić information content (AvgIpc) is 3.02. The Bertz CT molecular complexity index is 473. The third-order valence-corrected chi connectivity index (χ3v) is 2.68. The third-order valence-electron chi connectivity index (χ3n) is 2.68. The highest BCUT2D eigenvalue weighted by atomic mass is 16.5. The van der Waals surface area contributed by atoms with Crippen molar-refractivity contribution in [2.75, 3.05) is 20.8 Å². The zero-order valence-electron chi connectivity index (χ0n) is 12.2. The second-order valence-electron chi connectivity index (χ2n) is 3.97. The molecule has 1 aliphatic heterocycles. The van der Waals surface area contributed by atoms with Gasteiger partial charge in [-0.05, 0) is 24.6 Å². The minimum atomic E-state index is 0.00445. The van der Waals surface area contributed by atoms with Gasteiger partial charge in [0.1, 0.15) is 6.10 Å². The van der Waals surface area contributed by atoms with E-state index >= 15 is 0 Å². The summed E-state index contributed by atoms with van der Waals surface area (Å²) >= 11 is 0. The van der Waals surface area contributed by atoms with Crippen molar-refractivity contribution in [3.8, 4) is 11.5 Å². The smallest absolute Gasteiger partial charge is 0.170 e. The van der Waals surface area contributed by atoms with E-state index in [9.17, 15) is 0 Å². The van der Waals surface area contributed by atoms with E-state index in [1.54, 1.807) is 20.3 Å². The van der Waals surface area contributed by atoms with Crippen LogP contribution in [0.3, 0.4) is 0 Å². The van der Waals surface area contributed by atoms with Crippen LogP contribution in [0.4, 0.5) is 0 Å². The Hall–Kier alpha value is -2.23. The van der Waals surface area contributed by atoms with E-state index in [4.69, 9.17) is 14.2 Å². The second-order valence-corrected chi connectivity index (χ2v) is 3.97. The molecule has 0 aliphatic carbocycles. The van der Waals surface area contributed by atoms with Crippen molar-refractivity contribution in [2.24, 2.45) is 4.99 Å². The third kappa shape index (κ3) is 4.46. The molecule has 1 aliphatic rings. The Morgan fingerprint density at radius 1 is 1.30 bits per heavy atom. The first kappa shape index (κ1) is 15.8. The highest BCUT2D eigenvalue weighted by Crippen LogP contribution is 2.31. The van der Waals surface area contributed by atoms with Crippen molar-refractivity contribution in [1.29, 1.82) is 0 Å². The molecule has 4 nitrogen and oxygen atoms in total. The summed E-state index contributed by atoms with van der Waals surface area (Å²) in [7, 11) is 3.24. The molecule has 0 saturated heterocycles. The predicted molar refractivity (Wildman–Crippen MR) is 81.7 cm³/mol. The van der Waals surface area contributed by atoms with Crippen LogP contribution in [-0.4, -0.2) is 27.2 Å². The zero-order valence-corrected chi connectivity index (χ0v) is 12.2. The average molecular weight is 275 g/mol. The molecule has 0 radical (unpaired) electrons. The van der Waals surface area contributed by atoms with Crippen molar-refractivity contribution in [3.05, 3.63) is 48.6 Å². The molecule has 0 N–H and O–H groups in total. The molecule has 0 fully saturated rings. The van der Waals surface area contributed by atoms with E-state index < -0.39 is 0 Å². The maximum atomic E-state index is 5.32. The molecule has 1 heterocycles. The minimum absolute atomic E-state index is 0.00445. The van der Waals surface area contributed by atoms with Crippen molar-refractivity contribution < 1.29 is 14.2 Å². The Balaban J connectivity index is 0.000000347. The Kier molecular flexibility index (Phi) is 6.96. The van der Waals surface area contributed by atoms with E-state index in [0.29, 0.717) is 12.3 Å². The second kappa shape index (κ2) is 8.80. The minimum Gasteiger partial charge on any atom is -0.493 e. The number of rotatable bonds is 4. The molecule has 0 amide bonds. The Morgan fingerprint density at radius 3 is 2.50 bits per heavy atom. The Morgan fingerprint density at radius 2 is 2.05 bits per heavy atom. The van der Waals surface area contributed by atoms with Crippen LogP contribution in [-0.2, 0) is 4.74 Å². The summed E-state index contributed by atoms with van der Waals surface area (Å²) in [6, 6.07) is 5.74. The lowest BCUT2D eigenvalue weighted by atomic mass is 10.1. The van der Waals surface area contributed by atoms with Crippen LogP contribution in [0.25, 0.3) is 0 Å². The summed E-state index contributed by atoms with van der Waals surface area (Å²) in [5.41, 5.74) is 1.05. The van der Waals surface area contributed by atoms with Gasteiger partial charge in [0, 0.05) is 0 Å². The lowest BCUT2D eigenvalue weighted by Crippen LogP contribution is -2.01. The first-order valence-electron chi connectivity index (χ1n) is 6.36. The van der Waals surface area contributed by atoms with Gasteiger partial charge in [0.2, 0.25) is 0 Å². The van der Waals surface area contributed by atoms with Gasteiger partial charge >= 0.3 is 0 Å². The first-order valence-corrected chi connectivity index (χ1v) is 6.36. The van der Waals surface area contributed by atoms with Gasteiger partial charge in [0.05, 0.1) is 20.8 Å². The normalized spacial score (nSPS) is 16.2. The fraction of sp³-hybridized carbons (Fsp3) is 0.312. The molecular weight excluding hydrogens is 254 g/mol. The van der Waals surface area contributed by atoms with Crippen molar-refractivity contribution in [2.45, 2.75) is 13.0 Å². The lowest BCUT2D eigenvalue weighted by Gasteiger charge is -2.12. The number of allylic oxidation sites excluding steroid dienone is 3. The molecule has 1 aromatic carbocycles. The van der Waals surface area contributed by atoms with Crippen LogP contribution < -0.4 is 9.47 Å². The summed E-state index contributed by atoms with van der Waals surface area (Å²) in [5, 5.41) is 0. The fourth-order valence-corrected chi connectivity index (χ4v) is 1.67. The highest BCUT2D eigenvalue weighted by molar-refractivity contribution is 5.51. The molecule has 0 spiro atoms. The zero-order chi connectivity index (χ0) is 14.8. The van der Waals surface area contributed by atoms with Gasteiger partial charge in [-0.3, -0.25) is 4.99 Å². The quantitative estimate of drug-likeness (QED) is 0.789. The summed E-state index contributed by atoms with van der Waals surface area (Å²) in [6.45, 7) is 6.09. The number of nitrogens with zero attached hydrogens (tertiary/aromatic N) is 1. The molecule has 0 saturated carbocycles. The molecule has 0 aromatic heterocycles. The molecule has 1 atom stereocenters. The van der Waals surface area contributed by atoms with Crippen molar-refractivity contribution in [3.63, 3.8) is 0 Å². The van der Waals surface area contributed by atoms with Crippen molar-refractivity contribution >= 4 is 6.40 Å². The maximum Gasteiger partial charge on any atom is 0.170 e. The fourth-order valence-electron chi connectivity index (χ4n) is 1.67. The van der Waals surface area contributed by atoms with Crippen LogP contribution >= 0.6 is 0 Å². The number of hydrogen-bond acceptors (Lipinski definition) is 4. The molecule has 20 heavy (non-hydrogen) atoms. The molecular formula is C16H21NO3. The van der Waals surface area contributed by atoms with E-state index in [1.807, 2.05) is 37.3 Å². The monoisotopic (exact) mass is 275 g/mol. The molecule has 2 rings (SSSR count). The van der Waals surface area contributed by atoms with Gasteiger partial charge < -0.3 is 14.2 Å². The SMILES string of the molecule is C=C/C=C\C.COc1ccc([C@@H]2CN=CO2)cc1OC. The van der Waals surface area contributed by atoms with Gasteiger partial charge in [-0.15, -0.1) is 0 Å². The topological polar surface area (TPSA) is 40.0 Å². The molecule has 108 valence electrons. The summed E-state index contributed by atoms with van der Waals surface area (Å²) in [5.74, 6) is 1.44. The van der Waals surface area contributed by atoms with E-state index in [1.165, 1.54) is 6.40 Å². The van der Waals surface area contributed by atoms with Gasteiger partial charge in [-0.1, -0.05) is 30.9 Å². The lowest BCUT2D eigenvalue weighted by molar-refractivity contribution is 0.239. The summed E-state index contributed by atoms with van der Waals surface area (Å²) < 4.78 is 15.7. The van der Waals surface area contributed by atoms with Gasteiger partial charge in [-0.2, -0.15) is 0 Å². The van der Waals surface area contributed by atoms with E-state index in [0.717, 1.165) is 11.3 Å². The molecule has 1 aromatic rings. The molecule has 4 heteroatoms. The van der Waals surface area contributed by atoms with Crippen molar-refractivity contribution in [1.82, 2.24) is 0 Å². The van der Waals surface area contributed by atoms with E-state index in [-0.39, 0.29) is 6.10 Å². The van der Waals surface area contributed by atoms with Gasteiger partial charge in [0.15, 0.2) is 17.9 Å². The molecule has 0 bridgehead atoms. The highest BCUT2D eigenvalue weighted by Gasteiger charge is 2.17. The number of ether oxygens (including phenoxy) is 3. The number of hydrogen-bond donors (Lipinski definition) is 0. The number of benzene rings is 1. The number of aliphatic imine (C=N–C) groups is 1. The van der Waals surface area contributed by atoms with Crippen LogP contribution in [0.5, 0.6) is 11.5 Å². The van der Waals surface area contributed by atoms with E-state index in [2.05, 4.69) is 11.6 Å². The van der Waals surface area contributed by atoms with Gasteiger partial charge in [-0.25, -0.2) is 0 Å². The maximum absolute atomic E-state index is 5.32. The Labute approximate surface area is 120 Å². The summed E-state index contributed by atoms with van der Waals surface area (Å²) in [4.78, 5) is 4.02. The largest absolute Gasteiger partial charge is 0.493 e. The standard InChI is InChI=1S/C11H13NO3.C5H8/c1-13-9-4-3-8(5-10(9)14-2)11-6-12-7-15-11;1-3-5-4-2/h3-5,7,11H,6H2,1-2H3;3-5H,1H2,2H3/b;5-4-/t11-;/m0./s1. The van der Waals surface area contributed by atoms with Crippen LogP contribution in [0.1, 0.15) is 18.6 Å².